The Morgan fingerprint density at radius 3 is 2.63 bits per heavy atom. The molecule has 0 aliphatic heterocycles. The van der Waals surface area contributed by atoms with Crippen LogP contribution in [0.4, 0.5) is 13.2 Å². The van der Waals surface area contributed by atoms with Crippen molar-refractivity contribution in [1.82, 2.24) is 0 Å². The van der Waals surface area contributed by atoms with E-state index >= 15 is 0 Å². The van der Waals surface area contributed by atoms with Gasteiger partial charge in [-0.1, -0.05) is 0 Å². The van der Waals surface area contributed by atoms with Crippen LogP contribution in [0.3, 0.4) is 0 Å². The predicted molar refractivity (Wildman–Crippen MR) is 71.7 cm³/mol. The minimum atomic E-state index is -4.58. The minimum absolute atomic E-state index is 0.0440. The number of ether oxygens (including phenoxy) is 1. The largest absolute Gasteiger partial charge is 0.462 e. The van der Waals surface area contributed by atoms with Gasteiger partial charge in [-0.2, -0.15) is 18.4 Å². The van der Waals surface area contributed by atoms with Crippen molar-refractivity contribution in [1.29, 1.82) is 5.26 Å². The van der Waals surface area contributed by atoms with Crippen molar-refractivity contribution in [3.05, 3.63) is 26.8 Å². The van der Waals surface area contributed by atoms with Gasteiger partial charge >= 0.3 is 11.5 Å². The first-order chi connectivity index (χ1) is 8.78. The van der Waals surface area contributed by atoms with E-state index in [0.29, 0.717) is 3.57 Å². The molecule has 1 aromatic rings. The third-order valence-electron chi connectivity index (χ3n) is 1.89. The maximum atomic E-state index is 12.5. The second-order valence-electron chi connectivity index (χ2n) is 3.21. The van der Waals surface area contributed by atoms with Crippen LogP contribution in [0.1, 0.15) is 22.8 Å². The maximum Gasteiger partial charge on any atom is 0.446 e. The summed E-state index contributed by atoms with van der Waals surface area (Å²) in [4.78, 5) is 11.2. The summed E-state index contributed by atoms with van der Waals surface area (Å²) in [6, 6.07) is 4.22. The van der Waals surface area contributed by atoms with E-state index in [1.807, 2.05) is 22.6 Å². The van der Waals surface area contributed by atoms with Crippen molar-refractivity contribution in [3.8, 4) is 6.07 Å². The molecule has 0 fully saturated rings. The lowest BCUT2D eigenvalue weighted by atomic mass is 10.1. The number of carbonyl (C=O) groups excluding carboxylic acids is 1. The molecule has 0 aliphatic carbocycles. The van der Waals surface area contributed by atoms with Crippen LogP contribution in [0, 0.1) is 14.9 Å². The van der Waals surface area contributed by atoms with Gasteiger partial charge in [0.05, 0.1) is 17.7 Å². The standard InChI is InChI=1S/C11H7F3INO2S/c1-2-18-10(17)8-4-7(15)3-6(5-16)9(8)19-11(12,13)14/h3-4H,2H2,1H3. The van der Waals surface area contributed by atoms with Gasteiger partial charge in [0.1, 0.15) is 6.07 Å². The molecular formula is C11H7F3INO2S. The Balaban J connectivity index is 3.38. The number of halogens is 4. The van der Waals surface area contributed by atoms with Gasteiger partial charge in [0, 0.05) is 8.47 Å². The van der Waals surface area contributed by atoms with E-state index in [0.717, 1.165) is 0 Å². The van der Waals surface area contributed by atoms with Crippen LogP contribution in [0.5, 0.6) is 0 Å². The summed E-state index contributed by atoms with van der Waals surface area (Å²) in [6.45, 7) is 1.59. The molecule has 1 rings (SSSR count). The summed E-state index contributed by atoms with van der Waals surface area (Å²) >= 11 is 1.34. The summed E-state index contributed by atoms with van der Waals surface area (Å²) in [5, 5.41) is 8.89. The van der Waals surface area contributed by atoms with E-state index in [4.69, 9.17) is 10.00 Å². The van der Waals surface area contributed by atoms with Crippen molar-refractivity contribution in [2.45, 2.75) is 17.3 Å². The molecule has 0 N–H and O–H groups in total. The van der Waals surface area contributed by atoms with E-state index in [9.17, 15) is 18.0 Å². The lowest BCUT2D eigenvalue weighted by Crippen LogP contribution is -2.10. The Bertz CT molecular complexity index is 540. The second-order valence-corrected chi connectivity index (χ2v) is 5.53. The van der Waals surface area contributed by atoms with Crippen LogP contribution in [0.25, 0.3) is 0 Å². The first-order valence-corrected chi connectivity index (χ1v) is 6.84. The summed E-state index contributed by atoms with van der Waals surface area (Å²) in [7, 11) is 0. The highest BCUT2D eigenvalue weighted by atomic mass is 127. The zero-order valence-corrected chi connectivity index (χ0v) is 12.5. The molecular weight excluding hydrogens is 394 g/mol. The molecule has 0 spiro atoms. The number of benzene rings is 1. The van der Waals surface area contributed by atoms with Crippen LogP contribution in [-0.2, 0) is 4.74 Å². The third kappa shape index (κ3) is 4.58. The number of nitrogens with zero attached hydrogens (tertiary/aromatic N) is 1. The molecule has 8 heteroatoms. The highest BCUT2D eigenvalue weighted by Gasteiger charge is 2.33. The van der Waals surface area contributed by atoms with Gasteiger partial charge in [-0.25, -0.2) is 4.79 Å². The smallest absolute Gasteiger partial charge is 0.446 e. The molecule has 0 aliphatic rings. The highest BCUT2D eigenvalue weighted by Crippen LogP contribution is 2.41. The Morgan fingerprint density at radius 2 is 2.16 bits per heavy atom. The molecule has 3 nitrogen and oxygen atoms in total. The number of rotatable bonds is 3. The Labute approximate surface area is 125 Å². The van der Waals surface area contributed by atoms with Gasteiger partial charge in [-0.05, 0) is 53.4 Å². The SMILES string of the molecule is CCOC(=O)c1cc(I)cc(C#N)c1SC(F)(F)F. The van der Waals surface area contributed by atoms with Crippen molar-refractivity contribution in [2.75, 3.05) is 6.61 Å². The van der Waals surface area contributed by atoms with Crippen molar-refractivity contribution in [2.24, 2.45) is 0 Å². The van der Waals surface area contributed by atoms with Gasteiger partial charge in [-0.3, -0.25) is 0 Å². The third-order valence-corrected chi connectivity index (χ3v) is 3.39. The van der Waals surface area contributed by atoms with Crippen LogP contribution in [-0.4, -0.2) is 18.1 Å². The fourth-order valence-electron chi connectivity index (χ4n) is 1.26. The number of alkyl halides is 3. The number of hydrogen-bond acceptors (Lipinski definition) is 4. The zero-order valence-electron chi connectivity index (χ0n) is 9.55. The first-order valence-electron chi connectivity index (χ1n) is 4.95. The van der Waals surface area contributed by atoms with Crippen molar-refractivity contribution < 1.29 is 22.7 Å². The predicted octanol–water partition coefficient (Wildman–Crippen LogP) is 3.95. The summed E-state index contributed by atoms with van der Waals surface area (Å²) in [5.74, 6) is -0.871. The lowest BCUT2D eigenvalue weighted by Gasteiger charge is -2.12. The fraction of sp³-hybridized carbons (Fsp3) is 0.273. The average molecular weight is 401 g/mol. The first kappa shape index (κ1) is 16.1. The molecule has 19 heavy (non-hydrogen) atoms. The summed E-state index contributed by atoms with van der Waals surface area (Å²) < 4.78 is 42.7. The molecule has 0 aromatic heterocycles. The summed E-state index contributed by atoms with van der Waals surface area (Å²) in [6.07, 6.45) is 0. The second kappa shape index (κ2) is 6.47. The van der Waals surface area contributed by atoms with Crippen LogP contribution >= 0.6 is 34.4 Å². The molecule has 0 unspecified atom stereocenters. The monoisotopic (exact) mass is 401 g/mol. The van der Waals surface area contributed by atoms with Gasteiger partial charge < -0.3 is 4.74 Å². The summed E-state index contributed by atoms with van der Waals surface area (Å²) in [5.41, 5.74) is -5.02. The Hall–Kier alpha value is -0.950. The molecule has 1 aromatic carbocycles. The quantitative estimate of drug-likeness (QED) is 0.437. The van der Waals surface area contributed by atoms with Gasteiger partial charge in [0.2, 0.25) is 0 Å². The lowest BCUT2D eigenvalue weighted by molar-refractivity contribution is -0.0328. The van der Waals surface area contributed by atoms with Gasteiger partial charge in [0.15, 0.2) is 0 Å². The van der Waals surface area contributed by atoms with Crippen LogP contribution < -0.4 is 0 Å². The van der Waals surface area contributed by atoms with Gasteiger partial charge in [0.25, 0.3) is 0 Å². The van der Waals surface area contributed by atoms with E-state index in [2.05, 4.69) is 0 Å². The normalized spacial score (nSPS) is 10.9. The molecule has 0 atom stereocenters. The van der Waals surface area contributed by atoms with Crippen LogP contribution in [0.2, 0.25) is 0 Å². The molecule has 102 valence electrons. The number of hydrogen-bond donors (Lipinski definition) is 0. The average Bonchev–Trinajstić information content (AvgIpc) is 2.29. The Kier molecular flexibility index (Phi) is 5.49. The van der Waals surface area contributed by atoms with E-state index in [-0.39, 0.29) is 17.7 Å². The topological polar surface area (TPSA) is 50.1 Å². The number of carbonyl (C=O) groups is 1. The van der Waals surface area contributed by atoms with Crippen LogP contribution in [0.15, 0.2) is 17.0 Å². The molecule has 0 heterocycles. The number of thioether (sulfide) groups is 1. The number of nitriles is 1. The van der Waals surface area contributed by atoms with E-state index in [1.165, 1.54) is 12.1 Å². The molecule has 0 saturated carbocycles. The van der Waals surface area contributed by atoms with E-state index in [1.54, 1.807) is 13.0 Å². The molecule has 0 saturated heterocycles. The Morgan fingerprint density at radius 1 is 1.53 bits per heavy atom. The highest BCUT2D eigenvalue weighted by molar-refractivity contribution is 14.1. The van der Waals surface area contributed by atoms with E-state index < -0.39 is 28.1 Å². The number of esters is 1. The van der Waals surface area contributed by atoms with Crippen molar-refractivity contribution in [3.63, 3.8) is 0 Å². The zero-order chi connectivity index (χ0) is 14.6. The molecule has 0 amide bonds. The molecule has 0 bridgehead atoms. The van der Waals surface area contributed by atoms with Crippen molar-refractivity contribution >= 4 is 40.3 Å². The maximum absolute atomic E-state index is 12.5. The molecule has 0 radical (unpaired) electrons. The minimum Gasteiger partial charge on any atom is -0.462 e. The fourth-order valence-corrected chi connectivity index (χ4v) is 2.58. The van der Waals surface area contributed by atoms with Gasteiger partial charge in [-0.15, -0.1) is 0 Å².